The molecule has 20 heavy (non-hydrogen) atoms. The normalized spacial score (nSPS) is 10.8. The van der Waals surface area contributed by atoms with Gasteiger partial charge in [0, 0.05) is 24.3 Å². The zero-order valence-electron chi connectivity index (χ0n) is 10.5. The number of hydrogen-bond donors (Lipinski definition) is 0. The number of benzene rings is 2. The molecule has 0 aliphatic heterocycles. The molecule has 0 bridgehead atoms. The van der Waals surface area contributed by atoms with Crippen LogP contribution >= 0.6 is 15.9 Å². The van der Waals surface area contributed by atoms with E-state index in [0.29, 0.717) is 11.0 Å². The van der Waals surface area contributed by atoms with Crippen LogP contribution in [0.4, 0.5) is 5.69 Å². The van der Waals surface area contributed by atoms with Crippen LogP contribution in [0.3, 0.4) is 0 Å². The lowest BCUT2D eigenvalue weighted by atomic mass is 10.2. The number of hydrogen-bond acceptors (Lipinski definition) is 2. The summed E-state index contributed by atoms with van der Waals surface area (Å²) in [5.41, 5.74) is 2.10. The van der Waals surface area contributed by atoms with Crippen molar-refractivity contribution in [3.05, 3.63) is 74.9 Å². The SMILES string of the molecule is O=[N+]([O-])c1cccc(Cn2ccc3ccccc32)c1Br. The van der Waals surface area contributed by atoms with Gasteiger partial charge in [-0.2, -0.15) is 0 Å². The lowest BCUT2D eigenvalue weighted by molar-refractivity contribution is -0.385. The third-order valence-corrected chi connectivity index (χ3v) is 4.19. The average Bonchev–Trinajstić information content (AvgIpc) is 2.84. The van der Waals surface area contributed by atoms with Gasteiger partial charge in [-0.15, -0.1) is 0 Å². The number of aromatic nitrogens is 1. The first-order chi connectivity index (χ1) is 9.66. The molecule has 3 rings (SSSR count). The lowest BCUT2D eigenvalue weighted by Crippen LogP contribution is -2.00. The van der Waals surface area contributed by atoms with E-state index in [1.54, 1.807) is 6.07 Å². The fourth-order valence-corrected chi connectivity index (χ4v) is 2.83. The van der Waals surface area contributed by atoms with E-state index in [-0.39, 0.29) is 10.6 Å². The van der Waals surface area contributed by atoms with Gasteiger partial charge in [0.2, 0.25) is 0 Å². The van der Waals surface area contributed by atoms with E-state index in [0.717, 1.165) is 16.5 Å². The van der Waals surface area contributed by atoms with Crippen LogP contribution in [-0.2, 0) is 6.54 Å². The maximum absolute atomic E-state index is 11.0. The van der Waals surface area contributed by atoms with Crippen molar-refractivity contribution in [2.45, 2.75) is 6.54 Å². The van der Waals surface area contributed by atoms with E-state index in [9.17, 15) is 10.1 Å². The van der Waals surface area contributed by atoms with E-state index in [1.807, 2.05) is 42.6 Å². The molecule has 0 saturated carbocycles. The maximum Gasteiger partial charge on any atom is 0.283 e. The quantitative estimate of drug-likeness (QED) is 0.529. The molecule has 0 atom stereocenters. The third-order valence-electron chi connectivity index (χ3n) is 3.28. The van der Waals surface area contributed by atoms with Crippen LogP contribution in [0, 0.1) is 10.1 Å². The van der Waals surface area contributed by atoms with Gasteiger partial charge in [0.15, 0.2) is 0 Å². The van der Waals surface area contributed by atoms with Crippen LogP contribution in [0.5, 0.6) is 0 Å². The number of para-hydroxylation sites is 1. The van der Waals surface area contributed by atoms with Gasteiger partial charge >= 0.3 is 0 Å². The Labute approximate surface area is 123 Å². The van der Waals surface area contributed by atoms with Gasteiger partial charge in [0.05, 0.1) is 4.92 Å². The van der Waals surface area contributed by atoms with Crippen molar-refractivity contribution in [3.63, 3.8) is 0 Å². The molecule has 0 unspecified atom stereocenters. The van der Waals surface area contributed by atoms with E-state index < -0.39 is 0 Å². The molecule has 0 spiro atoms. The topological polar surface area (TPSA) is 48.1 Å². The third kappa shape index (κ3) is 2.20. The first kappa shape index (κ1) is 12.9. The van der Waals surface area contributed by atoms with Crippen LogP contribution in [0.1, 0.15) is 5.56 Å². The highest BCUT2D eigenvalue weighted by Crippen LogP contribution is 2.29. The molecule has 0 fully saturated rings. The number of nitro benzene ring substituents is 1. The molecule has 2 aromatic carbocycles. The second-order valence-corrected chi connectivity index (χ2v) is 5.30. The minimum atomic E-state index is -0.374. The van der Waals surface area contributed by atoms with Crippen molar-refractivity contribution in [2.75, 3.05) is 0 Å². The van der Waals surface area contributed by atoms with Gasteiger partial charge in [0.25, 0.3) is 5.69 Å². The fraction of sp³-hybridized carbons (Fsp3) is 0.0667. The molecular weight excluding hydrogens is 320 g/mol. The highest BCUT2D eigenvalue weighted by atomic mass is 79.9. The lowest BCUT2D eigenvalue weighted by Gasteiger charge is -2.08. The molecule has 0 N–H and O–H groups in total. The summed E-state index contributed by atoms with van der Waals surface area (Å²) in [7, 11) is 0. The van der Waals surface area contributed by atoms with Crippen molar-refractivity contribution in [3.8, 4) is 0 Å². The van der Waals surface area contributed by atoms with Crippen molar-refractivity contribution in [1.82, 2.24) is 4.57 Å². The Morgan fingerprint density at radius 1 is 1.10 bits per heavy atom. The predicted octanol–water partition coefficient (Wildman–Crippen LogP) is 4.36. The Bertz CT molecular complexity index is 795. The fourth-order valence-electron chi connectivity index (χ4n) is 2.29. The van der Waals surface area contributed by atoms with Crippen LogP contribution in [0.2, 0.25) is 0 Å². The zero-order chi connectivity index (χ0) is 14.1. The smallest absolute Gasteiger partial charge is 0.283 e. The van der Waals surface area contributed by atoms with Gasteiger partial charge in [-0.05, 0) is 39.0 Å². The van der Waals surface area contributed by atoms with E-state index in [1.165, 1.54) is 6.07 Å². The summed E-state index contributed by atoms with van der Waals surface area (Å²) in [4.78, 5) is 10.6. The minimum Gasteiger partial charge on any atom is -0.343 e. The molecule has 1 aromatic heterocycles. The van der Waals surface area contributed by atoms with Crippen molar-refractivity contribution in [2.24, 2.45) is 0 Å². The van der Waals surface area contributed by atoms with Gasteiger partial charge in [-0.1, -0.05) is 30.3 Å². The monoisotopic (exact) mass is 330 g/mol. The molecule has 5 heteroatoms. The molecule has 0 radical (unpaired) electrons. The highest BCUT2D eigenvalue weighted by molar-refractivity contribution is 9.10. The first-order valence-corrected chi connectivity index (χ1v) is 6.92. The average molecular weight is 331 g/mol. The summed E-state index contributed by atoms with van der Waals surface area (Å²) in [6, 6.07) is 15.2. The Morgan fingerprint density at radius 2 is 1.90 bits per heavy atom. The highest BCUT2D eigenvalue weighted by Gasteiger charge is 2.15. The van der Waals surface area contributed by atoms with E-state index >= 15 is 0 Å². The summed E-state index contributed by atoms with van der Waals surface area (Å²) in [5, 5.41) is 12.1. The Balaban J connectivity index is 2.03. The van der Waals surface area contributed by atoms with Gasteiger partial charge in [0.1, 0.15) is 4.47 Å². The molecule has 0 aliphatic carbocycles. The Kier molecular flexibility index (Phi) is 3.28. The molecular formula is C15H11BrN2O2. The van der Waals surface area contributed by atoms with Crippen LogP contribution in [0.15, 0.2) is 59.2 Å². The first-order valence-electron chi connectivity index (χ1n) is 6.12. The Morgan fingerprint density at radius 3 is 2.70 bits per heavy atom. The molecule has 3 aromatic rings. The number of nitrogens with zero attached hydrogens (tertiary/aromatic N) is 2. The summed E-state index contributed by atoms with van der Waals surface area (Å²) in [6.07, 6.45) is 2.00. The minimum absolute atomic E-state index is 0.0963. The van der Waals surface area contributed by atoms with Crippen LogP contribution in [0.25, 0.3) is 10.9 Å². The van der Waals surface area contributed by atoms with Gasteiger partial charge < -0.3 is 4.57 Å². The number of fused-ring (bicyclic) bond motifs is 1. The van der Waals surface area contributed by atoms with E-state index in [2.05, 4.69) is 20.5 Å². The standard InChI is InChI=1S/C15H11BrN2O2/c16-15-12(5-3-7-14(15)18(19)20)10-17-9-8-11-4-1-2-6-13(11)17/h1-9H,10H2. The largest absolute Gasteiger partial charge is 0.343 e. The van der Waals surface area contributed by atoms with Crippen molar-refractivity contribution < 1.29 is 4.92 Å². The summed E-state index contributed by atoms with van der Waals surface area (Å²) < 4.78 is 2.63. The molecule has 1 heterocycles. The second kappa shape index (κ2) is 5.09. The Hall–Kier alpha value is -2.14. The van der Waals surface area contributed by atoms with Crippen LogP contribution in [-0.4, -0.2) is 9.49 Å². The molecule has 0 amide bonds. The van der Waals surface area contributed by atoms with Gasteiger partial charge in [-0.3, -0.25) is 10.1 Å². The maximum atomic E-state index is 11.0. The second-order valence-electron chi connectivity index (χ2n) is 4.51. The number of rotatable bonds is 3. The predicted molar refractivity (Wildman–Crippen MR) is 81.8 cm³/mol. The van der Waals surface area contributed by atoms with Crippen molar-refractivity contribution in [1.29, 1.82) is 0 Å². The molecule has 4 nitrogen and oxygen atoms in total. The van der Waals surface area contributed by atoms with Crippen molar-refractivity contribution >= 4 is 32.5 Å². The number of halogens is 1. The number of nitro groups is 1. The summed E-state index contributed by atoms with van der Waals surface area (Å²) >= 11 is 3.34. The van der Waals surface area contributed by atoms with E-state index in [4.69, 9.17) is 0 Å². The summed E-state index contributed by atoms with van der Waals surface area (Å²) in [5.74, 6) is 0. The van der Waals surface area contributed by atoms with Crippen LogP contribution < -0.4 is 0 Å². The molecule has 0 aliphatic rings. The molecule has 100 valence electrons. The summed E-state index contributed by atoms with van der Waals surface area (Å²) in [6.45, 7) is 0.593. The molecule has 0 saturated heterocycles. The zero-order valence-corrected chi connectivity index (χ0v) is 12.1. The van der Waals surface area contributed by atoms with Gasteiger partial charge in [-0.25, -0.2) is 0 Å².